The first kappa shape index (κ1) is 14.5. The van der Waals surface area contributed by atoms with Crippen LogP contribution in [0, 0.1) is 17.2 Å². The molecule has 0 atom stereocenters. The summed E-state index contributed by atoms with van der Waals surface area (Å²) in [5, 5.41) is 18.0. The van der Waals surface area contributed by atoms with Crippen molar-refractivity contribution in [1.29, 1.82) is 5.26 Å². The predicted molar refractivity (Wildman–Crippen MR) is 67.3 cm³/mol. The number of aromatic hydroxyl groups is 1. The summed E-state index contributed by atoms with van der Waals surface area (Å²) in [4.78, 5) is 0. The molecule has 0 aromatic heterocycles. The van der Waals surface area contributed by atoms with Crippen LogP contribution in [0.3, 0.4) is 0 Å². The number of phenols is 1. The summed E-state index contributed by atoms with van der Waals surface area (Å²) >= 11 is 0. The highest BCUT2D eigenvalue weighted by molar-refractivity contribution is 5.42. The van der Waals surface area contributed by atoms with Crippen LogP contribution >= 0.6 is 0 Å². The van der Waals surface area contributed by atoms with Crippen LogP contribution < -0.4 is 0 Å². The zero-order valence-corrected chi connectivity index (χ0v) is 10.6. The molecule has 0 spiro atoms. The van der Waals surface area contributed by atoms with Gasteiger partial charge in [0.05, 0.1) is 11.6 Å². The quantitative estimate of drug-likeness (QED) is 0.820. The van der Waals surface area contributed by atoms with Crippen molar-refractivity contribution in [2.75, 3.05) is 0 Å². The highest BCUT2D eigenvalue weighted by Gasteiger charge is 2.04. The fourth-order valence-electron chi connectivity index (χ4n) is 1.30. The molecular formula is C14H21NO. The van der Waals surface area contributed by atoms with E-state index >= 15 is 0 Å². The van der Waals surface area contributed by atoms with Crippen molar-refractivity contribution >= 4 is 0 Å². The lowest BCUT2D eigenvalue weighted by molar-refractivity contribution is 0.473. The van der Waals surface area contributed by atoms with Gasteiger partial charge in [0.15, 0.2) is 0 Å². The average Bonchev–Trinajstić information content (AvgIpc) is 2.18. The third-order valence-corrected chi connectivity index (χ3v) is 1.84. The topological polar surface area (TPSA) is 44.0 Å². The second-order valence-electron chi connectivity index (χ2n) is 4.26. The summed E-state index contributed by atoms with van der Waals surface area (Å²) in [7, 11) is 0. The van der Waals surface area contributed by atoms with Crippen molar-refractivity contribution in [3.8, 4) is 11.8 Å². The molecule has 0 heterocycles. The number of hydrogen-bond donors (Lipinski definition) is 1. The van der Waals surface area contributed by atoms with E-state index in [0.29, 0.717) is 11.5 Å². The first-order valence-corrected chi connectivity index (χ1v) is 5.77. The molecule has 0 aliphatic heterocycles. The third-order valence-electron chi connectivity index (χ3n) is 1.84. The monoisotopic (exact) mass is 219 g/mol. The van der Waals surface area contributed by atoms with Crippen LogP contribution in [0.2, 0.25) is 0 Å². The summed E-state index contributed by atoms with van der Waals surface area (Å²) in [6, 6.07) is 6.99. The van der Waals surface area contributed by atoms with E-state index in [9.17, 15) is 5.11 Å². The first-order valence-electron chi connectivity index (χ1n) is 5.77. The molecule has 0 saturated carbocycles. The van der Waals surface area contributed by atoms with E-state index in [1.165, 1.54) is 6.42 Å². The Bertz CT molecular complexity index is 350. The zero-order valence-electron chi connectivity index (χ0n) is 10.6. The SMILES string of the molecule is CC(C)Cc1cc(O)ccc1C#N.CCC. The molecule has 1 rings (SSSR count). The number of nitrogens with zero attached hydrogens (tertiary/aromatic N) is 1. The van der Waals surface area contributed by atoms with Gasteiger partial charge in [0.2, 0.25) is 0 Å². The minimum Gasteiger partial charge on any atom is -0.508 e. The van der Waals surface area contributed by atoms with E-state index in [2.05, 4.69) is 33.8 Å². The molecule has 16 heavy (non-hydrogen) atoms. The van der Waals surface area contributed by atoms with E-state index in [-0.39, 0.29) is 5.75 Å². The lowest BCUT2D eigenvalue weighted by atomic mass is 9.98. The number of rotatable bonds is 2. The van der Waals surface area contributed by atoms with Crippen LogP contribution in [0.4, 0.5) is 0 Å². The second kappa shape index (κ2) is 7.76. The van der Waals surface area contributed by atoms with Crippen molar-refractivity contribution in [2.45, 2.75) is 40.5 Å². The molecule has 0 saturated heterocycles. The van der Waals surface area contributed by atoms with E-state index in [0.717, 1.165) is 12.0 Å². The van der Waals surface area contributed by atoms with E-state index < -0.39 is 0 Å². The standard InChI is InChI=1S/C11H13NO.C3H8/c1-8(2)5-10-6-11(13)4-3-9(10)7-12;1-3-2/h3-4,6,8,13H,5H2,1-2H3;3H2,1-2H3. The molecule has 0 aliphatic carbocycles. The first-order chi connectivity index (χ1) is 7.54. The van der Waals surface area contributed by atoms with E-state index in [1.807, 2.05) is 0 Å². The summed E-state index contributed by atoms with van der Waals surface area (Å²) in [6.07, 6.45) is 2.08. The number of nitriles is 1. The van der Waals surface area contributed by atoms with E-state index in [4.69, 9.17) is 5.26 Å². The van der Waals surface area contributed by atoms with Gasteiger partial charge in [-0.1, -0.05) is 34.1 Å². The van der Waals surface area contributed by atoms with Crippen molar-refractivity contribution < 1.29 is 5.11 Å². The molecule has 0 aliphatic rings. The molecule has 88 valence electrons. The maximum absolute atomic E-state index is 9.24. The smallest absolute Gasteiger partial charge is 0.115 e. The summed E-state index contributed by atoms with van der Waals surface area (Å²) < 4.78 is 0. The molecule has 0 amide bonds. The van der Waals surface area contributed by atoms with Crippen LogP contribution in [-0.2, 0) is 6.42 Å². The Morgan fingerprint density at radius 1 is 1.31 bits per heavy atom. The van der Waals surface area contributed by atoms with Gasteiger partial charge in [-0.2, -0.15) is 5.26 Å². The van der Waals surface area contributed by atoms with Gasteiger partial charge in [0, 0.05) is 0 Å². The van der Waals surface area contributed by atoms with Gasteiger partial charge in [-0.25, -0.2) is 0 Å². The van der Waals surface area contributed by atoms with Gasteiger partial charge in [-0.3, -0.25) is 0 Å². The van der Waals surface area contributed by atoms with Crippen molar-refractivity contribution in [1.82, 2.24) is 0 Å². The molecular weight excluding hydrogens is 198 g/mol. The van der Waals surface area contributed by atoms with Gasteiger partial charge in [0.1, 0.15) is 5.75 Å². The summed E-state index contributed by atoms with van der Waals surface area (Å²) in [6.45, 7) is 8.43. The van der Waals surface area contributed by atoms with Crippen molar-refractivity contribution in [3.05, 3.63) is 29.3 Å². The lowest BCUT2D eigenvalue weighted by Gasteiger charge is -2.06. The highest BCUT2D eigenvalue weighted by Crippen LogP contribution is 2.18. The molecule has 2 heteroatoms. The van der Waals surface area contributed by atoms with Crippen molar-refractivity contribution in [2.24, 2.45) is 5.92 Å². The minimum atomic E-state index is 0.231. The fraction of sp³-hybridized carbons (Fsp3) is 0.500. The van der Waals surface area contributed by atoms with Gasteiger partial charge >= 0.3 is 0 Å². The molecule has 0 unspecified atom stereocenters. The lowest BCUT2D eigenvalue weighted by Crippen LogP contribution is -1.96. The van der Waals surface area contributed by atoms with Crippen LogP contribution in [-0.4, -0.2) is 5.11 Å². The number of benzene rings is 1. The Morgan fingerprint density at radius 3 is 2.31 bits per heavy atom. The molecule has 1 N–H and O–H groups in total. The minimum absolute atomic E-state index is 0.231. The maximum atomic E-state index is 9.24. The average molecular weight is 219 g/mol. The Morgan fingerprint density at radius 2 is 1.88 bits per heavy atom. The molecule has 2 nitrogen and oxygen atoms in total. The van der Waals surface area contributed by atoms with Gasteiger partial charge in [0.25, 0.3) is 0 Å². The van der Waals surface area contributed by atoms with Crippen LogP contribution in [0.1, 0.15) is 45.2 Å². The molecule has 1 aromatic rings. The highest BCUT2D eigenvalue weighted by atomic mass is 16.3. The summed E-state index contributed by atoms with van der Waals surface area (Å²) in [5.74, 6) is 0.726. The van der Waals surface area contributed by atoms with Gasteiger partial charge < -0.3 is 5.11 Å². The number of hydrogen-bond acceptors (Lipinski definition) is 2. The largest absolute Gasteiger partial charge is 0.508 e. The van der Waals surface area contributed by atoms with Gasteiger partial charge in [-0.05, 0) is 36.1 Å². The van der Waals surface area contributed by atoms with E-state index in [1.54, 1.807) is 18.2 Å². The molecule has 0 fully saturated rings. The van der Waals surface area contributed by atoms with Crippen LogP contribution in [0.5, 0.6) is 5.75 Å². The predicted octanol–water partition coefficient (Wildman–Crippen LogP) is 3.88. The van der Waals surface area contributed by atoms with Crippen LogP contribution in [0.25, 0.3) is 0 Å². The van der Waals surface area contributed by atoms with Gasteiger partial charge in [-0.15, -0.1) is 0 Å². The molecule has 1 aromatic carbocycles. The molecule has 0 bridgehead atoms. The fourth-order valence-corrected chi connectivity index (χ4v) is 1.30. The zero-order chi connectivity index (χ0) is 12.6. The third kappa shape index (κ3) is 5.41. The Labute approximate surface area is 98.5 Å². The Hall–Kier alpha value is -1.49. The Kier molecular flexibility index (Phi) is 7.03. The number of phenolic OH excluding ortho intramolecular Hbond substituents is 1. The molecule has 0 radical (unpaired) electrons. The summed E-state index contributed by atoms with van der Waals surface area (Å²) in [5.41, 5.74) is 1.59. The Balaban J connectivity index is 0.000000673. The maximum Gasteiger partial charge on any atom is 0.115 e. The second-order valence-corrected chi connectivity index (χ2v) is 4.26. The normalized spacial score (nSPS) is 9.25. The van der Waals surface area contributed by atoms with Crippen molar-refractivity contribution in [3.63, 3.8) is 0 Å². The van der Waals surface area contributed by atoms with Crippen LogP contribution in [0.15, 0.2) is 18.2 Å².